The summed E-state index contributed by atoms with van der Waals surface area (Å²) in [6.07, 6.45) is 4.02. The Morgan fingerprint density at radius 2 is 2.15 bits per heavy atom. The molecule has 0 fully saturated rings. The molecule has 0 spiro atoms. The number of benzene rings is 1. The number of carbonyl (C=O) groups is 1. The van der Waals surface area contributed by atoms with Gasteiger partial charge in [-0.1, -0.05) is 6.07 Å². The first-order valence-corrected chi connectivity index (χ1v) is 8.50. The van der Waals surface area contributed by atoms with Crippen molar-refractivity contribution in [3.63, 3.8) is 0 Å². The van der Waals surface area contributed by atoms with Crippen LogP contribution in [-0.4, -0.2) is 24.0 Å². The highest BCUT2D eigenvalue weighted by atomic mass is 79.9. The van der Waals surface area contributed by atoms with Crippen molar-refractivity contribution in [2.24, 2.45) is 16.5 Å². The van der Waals surface area contributed by atoms with Crippen LogP contribution in [0.4, 0.5) is 10.1 Å². The zero-order chi connectivity index (χ0) is 19.6. The number of hydrogen-bond donors (Lipinski definition) is 4. The number of aromatic nitrogens is 1. The van der Waals surface area contributed by atoms with E-state index in [4.69, 9.17) is 16.2 Å². The maximum atomic E-state index is 14.4. The van der Waals surface area contributed by atoms with Crippen LogP contribution in [0.25, 0.3) is 0 Å². The molecule has 0 aliphatic carbocycles. The lowest BCUT2D eigenvalue weighted by atomic mass is 9.98. The summed E-state index contributed by atoms with van der Waals surface area (Å²) in [6, 6.07) is 6.20. The number of hydrogen-bond acceptors (Lipinski definition) is 7. The van der Waals surface area contributed by atoms with Crippen molar-refractivity contribution in [3.05, 3.63) is 64.3 Å². The van der Waals surface area contributed by atoms with Crippen LogP contribution >= 0.6 is 15.9 Å². The van der Waals surface area contributed by atoms with Crippen molar-refractivity contribution in [1.82, 2.24) is 10.3 Å². The second kappa shape index (κ2) is 7.33. The van der Waals surface area contributed by atoms with Gasteiger partial charge in [-0.2, -0.15) is 0 Å². The molecule has 0 saturated carbocycles. The monoisotopic (exact) mass is 434 g/mol. The summed E-state index contributed by atoms with van der Waals surface area (Å²) in [5.41, 5.74) is 10.8. The van der Waals surface area contributed by atoms with Crippen molar-refractivity contribution < 1.29 is 13.9 Å². The lowest BCUT2D eigenvalue weighted by molar-refractivity contribution is 0.102. The number of amides is 1. The number of methoxy groups -OCH3 is 1. The molecule has 6 N–H and O–H groups in total. The topological polar surface area (TPSA) is 128 Å². The van der Waals surface area contributed by atoms with Crippen LogP contribution in [0.3, 0.4) is 0 Å². The Labute approximate surface area is 162 Å². The Balaban J connectivity index is 1.98. The van der Waals surface area contributed by atoms with Gasteiger partial charge in [-0.25, -0.2) is 9.38 Å². The van der Waals surface area contributed by atoms with Crippen LogP contribution in [0.1, 0.15) is 15.9 Å². The molecule has 3 rings (SSSR count). The highest BCUT2D eigenvalue weighted by Crippen LogP contribution is 2.35. The quantitative estimate of drug-likeness (QED) is 0.582. The fraction of sp³-hybridized carbons (Fsp3) is 0.118. The SMILES string of the molecule is COc1ccc(C2(N)N=C(N)NC=C2F)cc1NC(=O)c1cncc(Br)c1. The molecule has 0 saturated heterocycles. The van der Waals surface area contributed by atoms with Gasteiger partial charge < -0.3 is 21.1 Å². The summed E-state index contributed by atoms with van der Waals surface area (Å²) in [5, 5.41) is 5.17. The molecule has 10 heteroatoms. The van der Waals surface area contributed by atoms with Crippen LogP contribution < -0.4 is 26.8 Å². The van der Waals surface area contributed by atoms with Crippen LogP contribution in [0.2, 0.25) is 0 Å². The Hall–Kier alpha value is -2.98. The molecule has 1 amide bonds. The smallest absolute Gasteiger partial charge is 0.257 e. The van der Waals surface area contributed by atoms with Gasteiger partial charge in [0, 0.05) is 28.6 Å². The minimum absolute atomic E-state index is 0.0273. The molecule has 1 aliphatic heterocycles. The van der Waals surface area contributed by atoms with E-state index in [2.05, 4.69) is 36.5 Å². The third-order valence-corrected chi connectivity index (χ3v) is 4.30. The molecule has 1 aromatic heterocycles. The highest BCUT2D eigenvalue weighted by molar-refractivity contribution is 9.10. The van der Waals surface area contributed by atoms with Crippen LogP contribution in [0, 0.1) is 0 Å². The zero-order valence-corrected chi connectivity index (χ0v) is 15.7. The molecular formula is C17H16BrFN6O2. The van der Waals surface area contributed by atoms with E-state index in [9.17, 15) is 9.18 Å². The number of pyridine rings is 1. The van der Waals surface area contributed by atoms with E-state index in [0.29, 0.717) is 21.5 Å². The molecule has 8 nitrogen and oxygen atoms in total. The molecule has 27 heavy (non-hydrogen) atoms. The first-order valence-electron chi connectivity index (χ1n) is 7.71. The molecule has 0 radical (unpaired) electrons. The Morgan fingerprint density at radius 3 is 2.85 bits per heavy atom. The summed E-state index contributed by atoms with van der Waals surface area (Å²) >= 11 is 3.26. The van der Waals surface area contributed by atoms with Gasteiger partial charge in [-0.3, -0.25) is 15.5 Å². The average molecular weight is 435 g/mol. The van der Waals surface area contributed by atoms with Crippen LogP contribution in [-0.2, 0) is 5.66 Å². The molecule has 2 aromatic rings. The summed E-state index contributed by atoms with van der Waals surface area (Å²) in [4.78, 5) is 20.4. The van der Waals surface area contributed by atoms with Crippen LogP contribution in [0.5, 0.6) is 5.75 Å². The number of guanidine groups is 1. The largest absolute Gasteiger partial charge is 0.495 e. The van der Waals surface area contributed by atoms with Gasteiger partial charge in [-0.15, -0.1) is 0 Å². The van der Waals surface area contributed by atoms with E-state index >= 15 is 0 Å². The summed E-state index contributed by atoms with van der Waals surface area (Å²) in [7, 11) is 1.45. The van der Waals surface area contributed by atoms with Crippen molar-refractivity contribution in [1.29, 1.82) is 0 Å². The predicted octanol–water partition coefficient (Wildman–Crippen LogP) is 1.95. The highest BCUT2D eigenvalue weighted by Gasteiger charge is 2.36. The van der Waals surface area contributed by atoms with Gasteiger partial charge in [0.15, 0.2) is 17.4 Å². The van der Waals surface area contributed by atoms with Gasteiger partial charge in [-0.05, 0) is 34.1 Å². The maximum absolute atomic E-state index is 14.4. The van der Waals surface area contributed by atoms with E-state index in [1.165, 1.54) is 19.4 Å². The van der Waals surface area contributed by atoms with E-state index in [1.807, 2.05) is 0 Å². The van der Waals surface area contributed by atoms with E-state index < -0.39 is 17.4 Å². The minimum Gasteiger partial charge on any atom is -0.495 e. The van der Waals surface area contributed by atoms with Crippen molar-refractivity contribution in [2.75, 3.05) is 12.4 Å². The number of anilines is 1. The van der Waals surface area contributed by atoms with Gasteiger partial charge in [0.1, 0.15) is 5.75 Å². The second-order valence-corrected chi connectivity index (χ2v) is 6.58. The Kier molecular flexibility index (Phi) is 5.10. The molecule has 1 unspecified atom stereocenters. The number of nitrogens with zero attached hydrogens (tertiary/aromatic N) is 2. The predicted molar refractivity (Wildman–Crippen MR) is 103 cm³/mol. The van der Waals surface area contributed by atoms with Gasteiger partial charge in [0.2, 0.25) is 0 Å². The van der Waals surface area contributed by atoms with E-state index in [0.717, 1.165) is 6.20 Å². The standard InChI is InChI=1S/C17H16BrFN6O2/c1-27-13-3-2-10(17(21)14(19)8-23-16(20)25-17)5-12(13)24-15(26)9-4-11(18)7-22-6-9/h2-8H,21H2,1H3,(H,24,26)(H3,20,23,25). The number of halogens is 2. The van der Waals surface area contributed by atoms with Gasteiger partial charge in [0.25, 0.3) is 5.91 Å². The summed E-state index contributed by atoms with van der Waals surface area (Å²) < 4.78 is 20.3. The zero-order valence-electron chi connectivity index (χ0n) is 14.2. The number of nitrogens with one attached hydrogen (secondary N) is 2. The number of carbonyl (C=O) groups excluding carboxylic acids is 1. The van der Waals surface area contributed by atoms with Gasteiger partial charge >= 0.3 is 0 Å². The lowest BCUT2D eigenvalue weighted by Gasteiger charge is -2.28. The van der Waals surface area contributed by atoms with E-state index in [1.54, 1.807) is 24.4 Å². The molecule has 2 heterocycles. The molecule has 1 aromatic carbocycles. The lowest BCUT2D eigenvalue weighted by Crippen LogP contribution is -2.44. The molecule has 1 atom stereocenters. The molecule has 0 bridgehead atoms. The fourth-order valence-electron chi connectivity index (χ4n) is 2.50. The van der Waals surface area contributed by atoms with Crippen molar-refractivity contribution in [2.45, 2.75) is 5.66 Å². The number of rotatable bonds is 4. The maximum Gasteiger partial charge on any atom is 0.257 e. The number of nitrogens with two attached hydrogens (primary N) is 2. The second-order valence-electron chi connectivity index (χ2n) is 5.66. The molecule has 140 valence electrons. The molecular weight excluding hydrogens is 419 g/mol. The molecule has 1 aliphatic rings. The number of ether oxygens (including phenoxy) is 1. The van der Waals surface area contributed by atoms with Gasteiger partial charge in [0.05, 0.1) is 18.4 Å². The van der Waals surface area contributed by atoms with Crippen LogP contribution in [0.15, 0.2) is 58.2 Å². The van der Waals surface area contributed by atoms with Crippen molar-refractivity contribution >= 4 is 33.5 Å². The number of aliphatic imine (C=N–C) groups is 1. The first-order chi connectivity index (χ1) is 12.8. The summed E-state index contributed by atoms with van der Waals surface area (Å²) in [6.45, 7) is 0. The first kappa shape index (κ1) is 18.8. The normalized spacial score (nSPS) is 18.8. The Bertz CT molecular complexity index is 964. The fourth-order valence-corrected chi connectivity index (χ4v) is 2.86. The summed E-state index contributed by atoms with van der Waals surface area (Å²) in [5.74, 6) is -0.806. The third kappa shape index (κ3) is 3.76. The Morgan fingerprint density at radius 1 is 1.37 bits per heavy atom. The van der Waals surface area contributed by atoms with Crippen molar-refractivity contribution in [3.8, 4) is 5.75 Å². The average Bonchev–Trinajstić information content (AvgIpc) is 2.65. The van der Waals surface area contributed by atoms with E-state index in [-0.39, 0.29) is 11.5 Å². The minimum atomic E-state index is -1.81. The third-order valence-electron chi connectivity index (χ3n) is 3.86.